The van der Waals surface area contributed by atoms with Crippen LogP contribution in [0.2, 0.25) is 0 Å². The first kappa shape index (κ1) is 13.0. The van der Waals surface area contributed by atoms with Gasteiger partial charge in [0.25, 0.3) is 5.97 Å². The standard InChI is InChI=1S/C5H7NO2.C2H4O2/c1-2-3-8-5(7)4-6;1-2(3)4/h2,4,6H,1,3H2;1H3,(H,3,4). The van der Waals surface area contributed by atoms with Crippen molar-refractivity contribution >= 4 is 18.2 Å². The van der Waals surface area contributed by atoms with Crippen LogP contribution in [-0.2, 0) is 14.3 Å². The van der Waals surface area contributed by atoms with Crippen molar-refractivity contribution in [3.8, 4) is 0 Å². The van der Waals surface area contributed by atoms with Crippen LogP contribution in [0.1, 0.15) is 6.92 Å². The molecular weight excluding hydrogens is 162 g/mol. The van der Waals surface area contributed by atoms with Crippen molar-refractivity contribution in [1.82, 2.24) is 0 Å². The Morgan fingerprint density at radius 3 is 2.33 bits per heavy atom. The minimum Gasteiger partial charge on any atom is -0.481 e. The number of rotatable bonds is 3. The third-order valence-electron chi connectivity index (χ3n) is 0.461. The Morgan fingerprint density at radius 2 is 2.08 bits per heavy atom. The van der Waals surface area contributed by atoms with E-state index in [2.05, 4.69) is 11.3 Å². The van der Waals surface area contributed by atoms with E-state index in [1.807, 2.05) is 0 Å². The van der Waals surface area contributed by atoms with Gasteiger partial charge < -0.3 is 15.3 Å². The van der Waals surface area contributed by atoms with Gasteiger partial charge in [0.15, 0.2) is 0 Å². The maximum Gasteiger partial charge on any atom is 0.348 e. The molecule has 0 saturated carbocycles. The number of ether oxygens (including phenoxy) is 1. The Hall–Kier alpha value is -1.65. The van der Waals surface area contributed by atoms with E-state index in [0.29, 0.717) is 6.21 Å². The Morgan fingerprint density at radius 1 is 1.67 bits per heavy atom. The van der Waals surface area contributed by atoms with Gasteiger partial charge in [-0.15, -0.1) is 0 Å². The van der Waals surface area contributed by atoms with E-state index in [1.165, 1.54) is 6.08 Å². The highest BCUT2D eigenvalue weighted by molar-refractivity contribution is 6.21. The van der Waals surface area contributed by atoms with Crippen molar-refractivity contribution < 1.29 is 19.4 Å². The number of carbonyl (C=O) groups excluding carboxylic acids is 1. The topological polar surface area (TPSA) is 87.5 Å². The van der Waals surface area contributed by atoms with Crippen molar-refractivity contribution in [3.63, 3.8) is 0 Å². The van der Waals surface area contributed by atoms with Crippen LogP contribution in [-0.4, -0.2) is 29.9 Å². The SMILES string of the molecule is C=CCOC(=O)C=N.CC(=O)O. The molecule has 0 fully saturated rings. The lowest BCUT2D eigenvalue weighted by atomic mass is 10.7. The molecule has 0 amide bonds. The van der Waals surface area contributed by atoms with Crippen LogP contribution in [0.4, 0.5) is 0 Å². The van der Waals surface area contributed by atoms with E-state index in [9.17, 15) is 4.79 Å². The highest BCUT2D eigenvalue weighted by Gasteiger charge is 1.89. The zero-order valence-corrected chi connectivity index (χ0v) is 6.74. The number of hydrogen-bond donors (Lipinski definition) is 2. The molecule has 0 aromatic rings. The number of hydrogen-bond acceptors (Lipinski definition) is 4. The molecule has 0 radical (unpaired) electrons. The van der Waals surface area contributed by atoms with Crippen LogP contribution >= 0.6 is 0 Å². The molecule has 68 valence electrons. The summed E-state index contributed by atoms with van der Waals surface area (Å²) in [5.74, 6) is -1.47. The summed E-state index contributed by atoms with van der Waals surface area (Å²) in [5.41, 5.74) is 0. The minimum absolute atomic E-state index is 0.175. The largest absolute Gasteiger partial charge is 0.481 e. The van der Waals surface area contributed by atoms with Crippen molar-refractivity contribution in [3.05, 3.63) is 12.7 Å². The quantitative estimate of drug-likeness (QED) is 0.368. The average Bonchev–Trinajstić information content (AvgIpc) is 1.99. The van der Waals surface area contributed by atoms with Gasteiger partial charge in [-0.2, -0.15) is 0 Å². The fourth-order valence-electron chi connectivity index (χ4n) is 0.183. The summed E-state index contributed by atoms with van der Waals surface area (Å²) < 4.78 is 4.34. The lowest BCUT2D eigenvalue weighted by Gasteiger charge is -1.91. The third-order valence-corrected chi connectivity index (χ3v) is 0.461. The average molecular weight is 173 g/mol. The molecule has 5 nitrogen and oxygen atoms in total. The zero-order chi connectivity index (χ0) is 9.98. The Kier molecular flexibility index (Phi) is 10.1. The van der Waals surface area contributed by atoms with Crippen LogP contribution in [0.15, 0.2) is 12.7 Å². The molecule has 0 saturated heterocycles. The molecule has 0 spiro atoms. The summed E-state index contributed by atoms with van der Waals surface area (Å²) >= 11 is 0. The van der Waals surface area contributed by atoms with E-state index in [-0.39, 0.29) is 6.61 Å². The molecule has 0 aliphatic rings. The van der Waals surface area contributed by atoms with Gasteiger partial charge in [0, 0.05) is 6.92 Å². The van der Waals surface area contributed by atoms with Gasteiger partial charge in [-0.3, -0.25) is 4.79 Å². The second-order valence-corrected chi connectivity index (χ2v) is 1.58. The molecule has 5 heteroatoms. The van der Waals surface area contributed by atoms with Crippen molar-refractivity contribution in [2.24, 2.45) is 0 Å². The van der Waals surface area contributed by atoms with Gasteiger partial charge >= 0.3 is 5.97 Å². The summed E-state index contributed by atoms with van der Waals surface area (Å²) in [5, 5.41) is 13.8. The first-order valence-corrected chi connectivity index (χ1v) is 3.02. The molecule has 12 heavy (non-hydrogen) atoms. The highest BCUT2D eigenvalue weighted by Crippen LogP contribution is 1.72. The van der Waals surface area contributed by atoms with E-state index in [0.717, 1.165) is 6.92 Å². The van der Waals surface area contributed by atoms with Crippen molar-refractivity contribution in [1.29, 1.82) is 5.41 Å². The lowest BCUT2D eigenvalue weighted by molar-refractivity contribution is -0.135. The van der Waals surface area contributed by atoms with Crippen molar-refractivity contribution in [2.45, 2.75) is 6.92 Å². The van der Waals surface area contributed by atoms with E-state index >= 15 is 0 Å². The highest BCUT2D eigenvalue weighted by atomic mass is 16.5. The zero-order valence-electron chi connectivity index (χ0n) is 6.74. The number of esters is 1. The third kappa shape index (κ3) is 23.8. The Labute approximate surface area is 70.2 Å². The summed E-state index contributed by atoms with van der Waals surface area (Å²) in [7, 11) is 0. The van der Waals surface area contributed by atoms with Crippen LogP contribution in [0.3, 0.4) is 0 Å². The van der Waals surface area contributed by atoms with Crippen LogP contribution < -0.4 is 0 Å². The molecule has 0 heterocycles. The van der Waals surface area contributed by atoms with E-state index in [4.69, 9.17) is 15.3 Å². The first-order chi connectivity index (χ1) is 5.54. The number of carbonyl (C=O) groups is 2. The fraction of sp³-hybridized carbons (Fsp3) is 0.286. The monoisotopic (exact) mass is 173 g/mol. The van der Waals surface area contributed by atoms with Crippen LogP contribution in [0, 0.1) is 5.41 Å². The molecule has 0 aromatic heterocycles. The second-order valence-electron chi connectivity index (χ2n) is 1.58. The maximum absolute atomic E-state index is 10.1. The Bertz CT molecular complexity index is 172. The number of nitrogens with one attached hydrogen (secondary N) is 1. The normalized spacial score (nSPS) is 7.08. The number of carboxylic acid groups (broad SMARTS) is 1. The Balaban J connectivity index is 0. The number of aliphatic carboxylic acids is 1. The van der Waals surface area contributed by atoms with Gasteiger partial charge in [-0.05, 0) is 0 Å². The minimum atomic E-state index is -0.833. The smallest absolute Gasteiger partial charge is 0.348 e. The molecule has 0 aromatic carbocycles. The van der Waals surface area contributed by atoms with E-state index in [1.54, 1.807) is 0 Å². The molecule has 0 rings (SSSR count). The van der Waals surface area contributed by atoms with Gasteiger partial charge in [0.1, 0.15) is 12.8 Å². The second kappa shape index (κ2) is 9.35. The van der Waals surface area contributed by atoms with Gasteiger partial charge in [-0.25, -0.2) is 4.79 Å². The van der Waals surface area contributed by atoms with Gasteiger partial charge in [0.2, 0.25) is 0 Å². The van der Waals surface area contributed by atoms with Gasteiger partial charge in [0.05, 0.1) is 0 Å². The molecule has 2 N–H and O–H groups in total. The summed E-state index contributed by atoms with van der Waals surface area (Å²) in [6.07, 6.45) is 2.06. The van der Waals surface area contributed by atoms with Gasteiger partial charge in [-0.1, -0.05) is 12.7 Å². The predicted molar refractivity (Wildman–Crippen MR) is 43.2 cm³/mol. The molecule has 0 bridgehead atoms. The molecular formula is C7H11NO4. The number of carboxylic acids is 1. The molecule has 0 aliphatic heterocycles. The summed E-state index contributed by atoms with van der Waals surface area (Å²) in [6, 6.07) is 0. The van der Waals surface area contributed by atoms with E-state index < -0.39 is 11.9 Å². The first-order valence-electron chi connectivity index (χ1n) is 3.02. The fourth-order valence-corrected chi connectivity index (χ4v) is 0.183. The lowest BCUT2D eigenvalue weighted by Crippen LogP contribution is -2.03. The summed E-state index contributed by atoms with van der Waals surface area (Å²) in [6.45, 7) is 4.57. The maximum atomic E-state index is 10.1. The summed E-state index contributed by atoms with van der Waals surface area (Å²) in [4.78, 5) is 19.1. The van der Waals surface area contributed by atoms with Crippen molar-refractivity contribution in [2.75, 3.05) is 6.61 Å². The van der Waals surface area contributed by atoms with Crippen LogP contribution in [0.5, 0.6) is 0 Å². The molecule has 0 aliphatic carbocycles. The van der Waals surface area contributed by atoms with Crippen LogP contribution in [0.25, 0.3) is 0 Å². The molecule has 0 unspecified atom stereocenters. The molecule has 0 atom stereocenters. The predicted octanol–water partition coefficient (Wildman–Crippen LogP) is 0.456.